The smallest absolute Gasteiger partial charge is 0.252 e. The van der Waals surface area contributed by atoms with Gasteiger partial charge >= 0.3 is 0 Å². The van der Waals surface area contributed by atoms with Gasteiger partial charge in [-0.2, -0.15) is 4.39 Å². The molecular formula is C20H23F2N7O. The molecule has 1 aromatic carbocycles. The summed E-state index contributed by atoms with van der Waals surface area (Å²) < 4.78 is 30.1. The quantitative estimate of drug-likeness (QED) is 0.508. The standard InChI is InChI=1S/C20H23F2N7O/c1-29-16-7-6-10(8-11(16)17(22)28-29)25-19-12(18(24)30)9-13(21)20(27-19)26-15-5-3-2-4-14(15)23/h6-9,14-15H,2-5,23H2,1H3,(H2,24,30)(H2,25,26,27)/t14-,15?/m0/s1. The molecule has 1 saturated carbocycles. The van der Waals surface area contributed by atoms with Crippen LogP contribution in [0.1, 0.15) is 36.0 Å². The first-order valence-corrected chi connectivity index (χ1v) is 9.75. The lowest BCUT2D eigenvalue weighted by molar-refractivity contribution is 0.100. The summed E-state index contributed by atoms with van der Waals surface area (Å²) in [6.45, 7) is 0. The molecule has 0 saturated heterocycles. The molecule has 0 radical (unpaired) electrons. The third-order valence-electron chi connectivity index (χ3n) is 5.45. The van der Waals surface area contributed by atoms with Gasteiger partial charge in [-0.15, -0.1) is 5.10 Å². The van der Waals surface area contributed by atoms with Crippen molar-refractivity contribution in [1.29, 1.82) is 0 Å². The molecule has 0 aliphatic heterocycles. The summed E-state index contributed by atoms with van der Waals surface area (Å²) in [5.41, 5.74) is 12.5. The Morgan fingerprint density at radius 3 is 2.70 bits per heavy atom. The van der Waals surface area contributed by atoms with Crippen molar-refractivity contribution < 1.29 is 13.6 Å². The molecule has 1 fully saturated rings. The molecule has 2 aromatic heterocycles. The Morgan fingerprint density at radius 1 is 1.20 bits per heavy atom. The lowest BCUT2D eigenvalue weighted by atomic mass is 9.91. The Balaban J connectivity index is 1.68. The summed E-state index contributed by atoms with van der Waals surface area (Å²) in [7, 11) is 1.64. The number of aryl methyl sites for hydroxylation is 1. The SMILES string of the molecule is Cn1nc(F)c2cc(Nc3nc(NC4CCCC[C@@H]4N)c(F)cc3C(N)=O)ccc21. The van der Waals surface area contributed by atoms with Gasteiger partial charge in [-0.1, -0.05) is 12.8 Å². The molecule has 3 aromatic rings. The van der Waals surface area contributed by atoms with Crippen LogP contribution in [0.25, 0.3) is 10.9 Å². The second-order valence-electron chi connectivity index (χ2n) is 7.55. The van der Waals surface area contributed by atoms with E-state index in [1.165, 1.54) is 10.7 Å². The molecular weight excluding hydrogens is 392 g/mol. The molecule has 10 heteroatoms. The molecule has 2 atom stereocenters. The molecule has 1 aliphatic rings. The van der Waals surface area contributed by atoms with Gasteiger partial charge in [0.25, 0.3) is 5.91 Å². The first kappa shape index (κ1) is 20.0. The number of halogens is 2. The van der Waals surface area contributed by atoms with Crippen LogP contribution in [-0.2, 0) is 7.05 Å². The number of carbonyl (C=O) groups excluding carboxylic acids is 1. The number of amides is 1. The molecule has 2 heterocycles. The number of anilines is 3. The normalized spacial score (nSPS) is 19.1. The average molecular weight is 415 g/mol. The van der Waals surface area contributed by atoms with Gasteiger partial charge in [-0.05, 0) is 37.1 Å². The van der Waals surface area contributed by atoms with Crippen LogP contribution in [0, 0.1) is 11.8 Å². The highest BCUT2D eigenvalue weighted by atomic mass is 19.1. The number of nitrogens with one attached hydrogen (secondary N) is 2. The highest BCUT2D eigenvalue weighted by molar-refractivity contribution is 5.99. The predicted octanol–water partition coefficient (Wildman–Crippen LogP) is 2.77. The number of aromatic nitrogens is 3. The molecule has 8 nitrogen and oxygen atoms in total. The van der Waals surface area contributed by atoms with E-state index in [4.69, 9.17) is 11.5 Å². The fourth-order valence-corrected chi connectivity index (χ4v) is 3.82. The monoisotopic (exact) mass is 415 g/mol. The molecule has 0 spiro atoms. The van der Waals surface area contributed by atoms with Crippen LogP contribution in [0.5, 0.6) is 0 Å². The zero-order valence-electron chi connectivity index (χ0n) is 16.5. The van der Waals surface area contributed by atoms with Gasteiger partial charge in [0.15, 0.2) is 11.6 Å². The van der Waals surface area contributed by atoms with Crippen LogP contribution in [0.3, 0.4) is 0 Å². The van der Waals surface area contributed by atoms with Crippen molar-refractivity contribution in [2.24, 2.45) is 18.5 Å². The van der Waals surface area contributed by atoms with Gasteiger partial charge in [-0.25, -0.2) is 9.37 Å². The summed E-state index contributed by atoms with van der Waals surface area (Å²) >= 11 is 0. The zero-order chi connectivity index (χ0) is 21.4. The minimum atomic E-state index is -0.835. The maximum atomic E-state index is 14.6. The molecule has 158 valence electrons. The van der Waals surface area contributed by atoms with Crippen LogP contribution < -0.4 is 22.1 Å². The Kier molecular flexibility index (Phi) is 5.25. The van der Waals surface area contributed by atoms with Crippen molar-refractivity contribution in [3.05, 3.63) is 41.6 Å². The fraction of sp³-hybridized carbons (Fsp3) is 0.350. The number of pyridine rings is 1. The highest BCUT2D eigenvalue weighted by Crippen LogP contribution is 2.28. The van der Waals surface area contributed by atoms with Crippen LogP contribution in [-0.4, -0.2) is 32.8 Å². The summed E-state index contributed by atoms with van der Waals surface area (Å²) in [6, 6.07) is 5.72. The van der Waals surface area contributed by atoms with Gasteiger partial charge in [-0.3, -0.25) is 9.48 Å². The molecule has 6 N–H and O–H groups in total. The van der Waals surface area contributed by atoms with E-state index in [1.807, 2.05) is 0 Å². The largest absolute Gasteiger partial charge is 0.365 e. The number of benzene rings is 1. The van der Waals surface area contributed by atoms with Crippen LogP contribution >= 0.6 is 0 Å². The number of carbonyl (C=O) groups is 1. The van der Waals surface area contributed by atoms with E-state index in [1.54, 1.807) is 19.2 Å². The topological polar surface area (TPSA) is 124 Å². The van der Waals surface area contributed by atoms with Crippen molar-refractivity contribution in [2.45, 2.75) is 37.8 Å². The molecule has 0 bridgehead atoms. The fourth-order valence-electron chi connectivity index (χ4n) is 3.82. The summed E-state index contributed by atoms with van der Waals surface area (Å²) in [5.74, 6) is -2.09. The number of hydrogen-bond acceptors (Lipinski definition) is 6. The number of primary amides is 1. The number of fused-ring (bicyclic) bond motifs is 1. The lowest BCUT2D eigenvalue weighted by Gasteiger charge is -2.30. The number of nitrogens with two attached hydrogens (primary N) is 2. The second-order valence-corrected chi connectivity index (χ2v) is 7.55. The van der Waals surface area contributed by atoms with E-state index in [-0.39, 0.29) is 29.3 Å². The summed E-state index contributed by atoms with van der Waals surface area (Å²) in [4.78, 5) is 16.1. The molecule has 1 amide bonds. The molecule has 4 rings (SSSR count). The Labute approximate surface area is 171 Å². The summed E-state index contributed by atoms with van der Waals surface area (Å²) in [5, 5.41) is 10.0. The van der Waals surface area contributed by atoms with Crippen LogP contribution in [0.2, 0.25) is 0 Å². The predicted molar refractivity (Wildman–Crippen MR) is 111 cm³/mol. The van der Waals surface area contributed by atoms with Gasteiger partial charge in [0, 0.05) is 24.8 Å². The van der Waals surface area contributed by atoms with Gasteiger partial charge in [0.2, 0.25) is 5.95 Å². The van der Waals surface area contributed by atoms with Crippen LogP contribution in [0.4, 0.5) is 26.1 Å². The van der Waals surface area contributed by atoms with Crippen LogP contribution in [0.15, 0.2) is 24.3 Å². The Morgan fingerprint density at radius 2 is 1.97 bits per heavy atom. The lowest BCUT2D eigenvalue weighted by Crippen LogP contribution is -2.43. The number of rotatable bonds is 5. The van der Waals surface area contributed by atoms with E-state index in [0.29, 0.717) is 16.6 Å². The first-order valence-electron chi connectivity index (χ1n) is 9.75. The van der Waals surface area contributed by atoms with Gasteiger partial charge < -0.3 is 22.1 Å². The van der Waals surface area contributed by atoms with E-state index >= 15 is 0 Å². The van der Waals surface area contributed by atoms with Crippen molar-refractivity contribution >= 4 is 34.1 Å². The number of nitrogens with zero attached hydrogens (tertiary/aromatic N) is 3. The van der Waals surface area contributed by atoms with Crippen molar-refractivity contribution in [1.82, 2.24) is 14.8 Å². The molecule has 1 aliphatic carbocycles. The van der Waals surface area contributed by atoms with Crippen molar-refractivity contribution in [3.8, 4) is 0 Å². The summed E-state index contributed by atoms with van der Waals surface area (Å²) in [6.07, 6.45) is 3.68. The average Bonchev–Trinajstić information content (AvgIpc) is 2.99. The maximum absolute atomic E-state index is 14.6. The third-order valence-corrected chi connectivity index (χ3v) is 5.45. The highest BCUT2D eigenvalue weighted by Gasteiger charge is 2.24. The van der Waals surface area contributed by atoms with Crippen molar-refractivity contribution in [2.75, 3.05) is 10.6 Å². The third kappa shape index (κ3) is 3.78. The minimum absolute atomic E-state index is 0.0153. The van der Waals surface area contributed by atoms with E-state index in [0.717, 1.165) is 31.7 Å². The van der Waals surface area contributed by atoms with E-state index in [2.05, 4.69) is 20.7 Å². The second kappa shape index (κ2) is 7.86. The first-order chi connectivity index (χ1) is 14.3. The van der Waals surface area contributed by atoms with E-state index < -0.39 is 17.7 Å². The Bertz CT molecular complexity index is 1110. The number of hydrogen-bond donors (Lipinski definition) is 4. The van der Waals surface area contributed by atoms with Gasteiger partial charge in [0.05, 0.1) is 16.5 Å². The Hall–Kier alpha value is -3.27. The van der Waals surface area contributed by atoms with Gasteiger partial charge in [0.1, 0.15) is 5.82 Å². The molecule has 1 unspecified atom stereocenters. The van der Waals surface area contributed by atoms with Crippen molar-refractivity contribution in [3.63, 3.8) is 0 Å². The molecule has 30 heavy (non-hydrogen) atoms. The maximum Gasteiger partial charge on any atom is 0.252 e. The van der Waals surface area contributed by atoms with E-state index in [9.17, 15) is 13.6 Å². The minimum Gasteiger partial charge on any atom is -0.365 e. The zero-order valence-corrected chi connectivity index (χ0v) is 16.5.